The highest BCUT2D eigenvalue weighted by Gasteiger charge is 2.25. The van der Waals surface area contributed by atoms with E-state index in [1.165, 1.54) is 12.3 Å². The van der Waals surface area contributed by atoms with Gasteiger partial charge in [0.2, 0.25) is 11.2 Å². The van der Waals surface area contributed by atoms with Gasteiger partial charge >= 0.3 is 5.97 Å². The molecule has 1 N–H and O–H groups in total. The topological polar surface area (TPSA) is 94.6 Å². The van der Waals surface area contributed by atoms with Crippen molar-refractivity contribution in [2.24, 2.45) is 0 Å². The number of benzene rings is 2. The van der Waals surface area contributed by atoms with Crippen LogP contribution in [0.15, 0.2) is 64.1 Å². The zero-order chi connectivity index (χ0) is 24.1. The molecule has 0 bridgehead atoms. The molecule has 0 unspecified atom stereocenters. The van der Waals surface area contributed by atoms with Crippen molar-refractivity contribution in [1.82, 2.24) is 9.78 Å². The van der Waals surface area contributed by atoms with Gasteiger partial charge in [-0.2, -0.15) is 5.10 Å². The van der Waals surface area contributed by atoms with E-state index in [1.807, 2.05) is 30.3 Å². The number of aromatic hydroxyl groups is 1. The first-order valence-electron chi connectivity index (χ1n) is 11.6. The Balaban J connectivity index is 1.84. The number of phenols is 1. The minimum absolute atomic E-state index is 0.0478. The quantitative estimate of drug-likeness (QED) is 0.256. The first kappa shape index (κ1) is 23.3. The molecule has 2 aromatic carbocycles. The molecule has 0 amide bonds. The summed E-state index contributed by atoms with van der Waals surface area (Å²) in [5, 5.41) is 15.2. The minimum Gasteiger partial charge on any atom is -0.508 e. The fraction of sp³-hybridized carbons (Fsp3) is 0.296. The lowest BCUT2D eigenvalue weighted by atomic mass is 10.0. The van der Waals surface area contributed by atoms with Crippen LogP contribution in [-0.4, -0.2) is 27.5 Å². The fourth-order valence-electron chi connectivity index (χ4n) is 3.99. The van der Waals surface area contributed by atoms with Crippen LogP contribution in [0, 0.1) is 0 Å². The Kier molecular flexibility index (Phi) is 7.11. The van der Waals surface area contributed by atoms with Crippen molar-refractivity contribution in [3.05, 3.63) is 76.4 Å². The number of nitrogens with zero attached hydrogens (tertiary/aromatic N) is 2. The number of aryl methyl sites for hydroxylation is 1. The average molecular weight is 461 g/mol. The van der Waals surface area contributed by atoms with Crippen molar-refractivity contribution in [1.29, 1.82) is 0 Å². The summed E-state index contributed by atoms with van der Waals surface area (Å²) >= 11 is 0. The predicted molar refractivity (Wildman–Crippen MR) is 131 cm³/mol. The van der Waals surface area contributed by atoms with Crippen molar-refractivity contribution >= 4 is 16.9 Å². The number of ether oxygens (including phenoxy) is 1. The van der Waals surface area contributed by atoms with Gasteiger partial charge in [0.15, 0.2) is 0 Å². The molecule has 0 saturated heterocycles. The van der Waals surface area contributed by atoms with E-state index in [4.69, 9.17) is 9.15 Å². The van der Waals surface area contributed by atoms with E-state index in [0.29, 0.717) is 22.9 Å². The molecule has 0 fully saturated rings. The Morgan fingerprint density at radius 1 is 1.12 bits per heavy atom. The van der Waals surface area contributed by atoms with E-state index in [9.17, 15) is 14.7 Å². The van der Waals surface area contributed by atoms with Crippen LogP contribution in [-0.2, 0) is 11.2 Å². The second-order valence-corrected chi connectivity index (χ2v) is 8.15. The summed E-state index contributed by atoms with van der Waals surface area (Å²) in [7, 11) is 0. The molecule has 7 heteroatoms. The Morgan fingerprint density at radius 2 is 1.91 bits per heavy atom. The molecule has 0 aliphatic carbocycles. The lowest BCUT2D eigenvalue weighted by Crippen LogP contribution is -2.15. The first-order chi connectivity index (χ1) is 16.5. The third-order valence-corrected chi connectivity index (χ3v) is 5.74. The molecule has 176 valence electrons. The van der Waals surface area contributed by atoms with Crippen LogP contribution in [0.1, 0.15) is 55.6 Å². The molecule has 0 aliphatic heterocycles. The van der Waals surface area contributed by atoms with Crippen LogP contribution in [0.5, 0.6) is 5.75 Å². The fourth-order valence-corrected chi connectivity index (χ4v) is 3.99. The van der Waals surface area contributed by atoms with Gasteiger partial charge in [-0.25, -0.2) is 9.48 Å². The van der Waals surface area contributed by atoms with Crippen LogP contribution in [0.25, 0.3) is 27.8 Å². The number of phenolic OH excluding ortho intramolecular Hbond substituents is 1. The SMILES string of the molecule is CCCCCCc1cc2c(=O)c(-c3cnn(-c4ccccc4)c3)c(C(=O)OCC)oc2cc1O. The summed E-state index contributed by atoms with van der Waals surface area (Å²) in [5.41, 5.74) is 1.81. The van der Waals surface area contributed by atoms with Gasteiger partial charge < -0.3 is 14.3 Å². The van der Waals surface area contributed by atoms with Gasteiger partial charge in [-0.3, -0.25) is 4.79 Å². The summed E-state index contributed by atoms with van der Waals surface area (Å²) in [6, 6.07) is 12.5. The molecule has 0 radical (unpaired) electrons. The molecule has 2 aromatic heterocycles. The third-order valence-electron chi connectivity index (χ3n) is 5.74. The number of fused-ring (bicyclic) bond motifs is 1. The summed E-state index contributed by atoms with van der Waals surface area (Å²) in [4.78, 5) is 26.4. The highest BCUT2D eigenvalue weighted by Crippen LogP contribution is 2.30. The van der Waals surface area contributed by atoms with Gasteiger partial charge in [0.25, 0.3) is 0 Å². The number of para-hydroxylation sites is 1. The van der Waals surface area contributed by atoms with Crippen LogP contribution in [0.3, 0.4) is 0 Å². The molecule has 4 aromatic rings. The summed E-state index contributed by atoms with van der Waals surface area (Å²) < 4.78 is 12.6. The Morgan fingerprint density at radius 3 is 2.65 bits per heavy atom. The van der Waals surface area contributed by atoms with Crippen LogP contribution < -0.4 is 5.43 Å². The molecule has 7 nitrogen and oxygen atoms in total. The second kappa shape index (κ2) is 10.4. The van der Waals surface area contributed by atoms with Crippen molar-refractivity contribution in [2.45, 2.75) is 46.0 Å². The summed E-state index contributed by atoms with van der Waals surface area (Å²) in [6.45, 7) is 3.95. The zero-order valence-electron chi connectivity index (χ0n) is 19.4. The Hall–Kier alpha value is -3.87. The minimum atomic E-state index is -0.743. The normalized spacial score (nSPS) is 11.1. The van der Waals surface area contributed by atoms with Crippen molar-refractivity contribution in [3.8, 4) is 22.6 Å². The second-order valence-electron chi connectivity index (χ2n) is 8.15. The monoisotopic (exact) mass is 460 g/mol. The number of carbonyl (C=O) groups excluding carboxylic acids is 1. The van der Waals surface area contributed by atoms with Crippen LogP contribution >= 0.6 is 0 Å². The van der Waals surface area contributed by atoms with E-state index < -0.39 is 5.97 Å². The number of hydrogen-bond acceptors (Lipinski definition) is 6. The van der Waals surface area contributed by atoms with Crippen molar-refractivity contribution < 1.29 is 19.1 Å². The maximum atomic E-state index is 13.7. The van der Waals surface area contributed by atoms with E-state index in [1.54, 1.807) is 23.9 Å². The maximum Gasteiger partial charge on any atom is 0.375 e. The van der Waals surface area contributed by atoms with Gasteiger partial charge in [0.05, 0.1) is 29.4 Å². The average Bonchev–Trinajstić information content (AvgIpc) is 3.32. The summed E-state index contributed by atoms with van der Waals surface area (Å²) in [6.07, 6.45) is 8.06. The van der Waals surface area contributed by atoms with Gasteiger partial charge in [0, 0.05) is 17.8 Å². The lowest BCUT2D eigenvalue weighted by molar-refractivity contribution is 0.0492. The number of unbranched alkanes of at least 4 members (excludes halogenated alkanes) is 3. The molecule has 0 saturated carbocycles. The lowest BCUT2D eigenvalue weighted by Gasteiger charge is -2.11. The Labute approximate surface area is 197 Å². The van der Waals surface area contributed by atoms with E-state index in [-0.39, 0.29) is 34.7 Å². The van der Waals surface area contributed by atoms with Crippen LogP contribution in [0.2, 0.25) is 0 Å². The number of carbonyl (C=O) groups is 1. The number of hydrogen-bond donors (Lipinski definition) is 1. The van der Waals surface area contributed by atoms with E-state index in [0.717, 1.165) is 31.4 Å². The molecule has 0 atom stereocenters. The molecular weight excluding hydrogens is 432 g/mol. The van der Waals surface area contributed by atoms with E-state index >= 15 is 0 Å². The standard InChI is InChI=1S/C27H28N2O5/c1-3-5-6-8-11-18-14-21-23(15-22(18)30)34-26(27(32)33-4-2)24(25(21)31)19-16-28-29(17-19)20-12-9-7-10-13-20/h7,9-10,12-17,30H,3-6,8,11H2,1-2H3. The van der Waals surface area contributed by atoms with Gasteiger partial charge in [-0.1, -0.05) is 44.4 Å². The molecule has 34 heavy (non-hydrogen) atoms. The van der Waals surface area contributed by atoms with Gasteiger partial charge in [0.1, 0.15) is 11.3 Å². The molecule has 0 spiro atoms. The number of aromatic nitrogens is 2. The van der Waals surface area contributed by atoms with Crippen molar-refractivity contribution in [3.63, 3.8) is 0 Å². The third kappa shape index (κ3) is 4.73. The summed E-state index contributed by atoms with van der Waals surface area (Å²) in [5.74, 6) is -0.902. The highest BCUT2D eigenvalue weighted by molar-refractivity contribution is 5.97. The molecule has 2 heterocycles. The van der Waals surface area contributed by atoms with Gasteiger partial charge in [-0.15, -0.1) is 0 Å². The molecular formula is C27H28N2O5. The number of rotatable bonds is 9. The molecule has 0 aliphatic rings. The predicted octanol–water partition coefficient (Wildman–Crippen LogP) is 5.65. The van der Waals surface area contributed by atoms with E-state index in [2.05, 4.69) is 12.0 Å². The largest absolute Gasteiger partial charge is 0.508 e. The first-order valence-corrected chi connectivity index (χ1v) is 11.6. The zero-order valence-corrected chi connectivity index (χ0v) is 19.4. The highest BCUT2D eigenvalue weighted by atomic mass is 16.5. The molecule has 4 rings (SSSR count). The maximum absolute atomic E-state index is 13.7. The number of esters is 1. The van der Waals surface area contributed by atoms with Crippen molar-refractivity contribution in [2.75, 3.05) is 6.61 Å². The van der Waals surface area contributed by atoms with Crippen LogP contribution in [0.4, 0.5) is 0 Å². The van der Waals surface area contributed by atoms with Gasteiger partial charge in [-0.05, 0) is 43.5 Å². The Bertz CT molecular complexity index is 1350. The smallest absolute Gasteiger partial charge is 0.375 e.